The Hall–Kier alpha value is -3.62. The predicted octanol–water partition coefficient (Wildman–Crippen LogP) is 3.15. The van der Waals surface area contributed by atoms with E-state index < -0.39 is 11.2 Å². The molecule has 1 amide bonds. The second-order valence-electron chi connectivity index (χ2n) is 10.5. The highest BCUT2D eigenvalue weighted by atomic mass is 16.5. The van der Waals surface area contributed by atoms with Crippen molar-refractivity contribution in [2.75, 3.05) is 39.4 Å². The van der Waals surface area contributed by atoms with Gasteiger partial charge in [0.1, 0.15) is 6.17 Å². The summed E-state index contributed by atoms with van der Waals surface area (Å²) >= 11 is 0. The van der Waals surface area contributed by atoms with Crippen LogP contribution in [0.25, 0.3) is 0 Å². The van der Waals surface area contributed by atoms with Crippen LogP contribution in [0.4, 0.5) is 0 Å². The molecule has 5 rings (SSSR count). The summed E-state index contributed by atoms with van der Waals surface area (Å²) in [5.41, 5.74) is 4.23. The van der Waals surface area contributed by atoms with Crippen LogP contribution in [0.2, 0.25) is 0 Å². The summed E-state index contributed by atoms with van der Waals surface area (Å²) in [6.07, 6.45) is 3.73. The predicted molar refractivity (Wildman–Crippen MR) is 147 cm³/mol. The van der Waals surface area contributed by atoms with Gasteiger partial charge in [0, 0.05) is 32.3 Å². The molecule has 2 atom stereocenters. The molecular formula is C30H36N4O4. The van der Waals surface area contributed by atoms with Gasteiger partial charge < -0.3 is 19.6 Å². The lowest BCUT2D eigenvalue weighted by Gasteiger charge is -2.52. The van der Waals surface area contributed by atoms with E-state index in [0.717, 1.165) is 30.5 Å². The molecule has 8 nitrogen and oxygen atoms in total. The molecule has 1 aliphatic heterocycles. The molecule has 2 heterocycles. The standard InChI is InChI=1S/C30H36N4O4/c1-20(19-38-4)33-26(16-17-31(2)3)34(32-18-15-25(35)29(36)28(32)30(33)37)27-23-11-7-5-9-21(23)13-14-22-10-6-8-12-24(22)27/h5-12,15,18,20,26-27,36H,13-14,16-17,19H2,1-4H3. The minimum atomic E-state index is -0.572. The Labute approximate surface area is 223 Å². The van der Waals surface area contributed by atoms with E-state index in [9.17, 15) is 14.7 Å². The molecule has 2 aromatic carbocycles. The van der Waals surface area contributed by atoms with E-state index in [4.69, 9.17) is 4.74 Å². The van der Waals surface area contributed by atoms with Gasteiger partial charge in [-0.2, -0.15) is 0 Å². The fourth-order valence-electron chi connectivity index (χ4n) is 5.97. The van der Waals surface area contributed by atoms with Gasteiger partial charge in [-0.15, -0.1) is 0 Å². The summed E-state index contributed by atoms with van der Waals surface area (Å²) in [4.78, 5) is 30.5. The number of carbonyl (C=O) groups is 1. The topological polar surface area (TPSA) is 78.2 Å². The number of aryl methyl sites for hydroxylation is 2. The molecule has 200 valence electrons. The molecule has 0 radical (unpaired) electrons. The molecule has 0 bridgehead atoms. The van der Waals surface area contributed by atoms with Crippen molar-refractivity contribution < 1.29 is 14.6 Å². The number of aromatic nitrogens is 1. The van der Waals surface area contributed by atoms with Gasteiger partial charge in [0.05, 0.1) is 18.7 Å². The molecule has 3 aromatic rings. The van der Waals surface area contributed by atoms with Gasteiger partial charge in [-0.25, -0.2) is 0 Å². The summed E-state index contributed by atoms with van der Waals surface area (Å²) in [6.45, 7) is 3.01. The number of hydrogen-bond donors (Lipinski definition) is 1. The van der Waals surface area contributed by atoms with Gasteiger partial charge in [-0.05, 0) is 56.1 Å². The third-order valence-electron chi connectivity index (χ3n) is 7.71. The Morgan fingerprint density at radius 3 is 2.18 bits per heavy atom. The number of pyridine rings is 1. The number of nitrogens with zero attached hydrogens (tertiary/aromatic N) is 4. The first-order chi connectivity index (χ1) is 18.3. The number of benzene rings is 2. The quantitative estimate of drug-likeness (QED) is 0.520. The van der Waals surface area contributed by atoms with Crippen molar-refractivity contribution >= 4 is 5.91 Å². The molecular weight excluding hydrogens is 480 g/mol. The zero-order valence-corrected chi connectivity index (χ0v) is 22.5. The highest BCUT2D eigenvalue weighted by molar-refractivity contribution is 5.96. The van der Waals surface area contributed by atoms with Crippen molar-refractivity contribution in [3.8, 4) is 5.75 Å². The van der Waals surface area contributed by atoms with Crippen molar-refractivity contribution in [1.82, 2.24) is 14.5 Å². The lowest BCUT2D eigenvalue weighted by molar-refractivity contribution is 0.0252. The molecule has 2 unspecified atom stereocenters. The van der Waals surface area contributed by atoms with Crippen LogP contribution in [0.15, 0.2) is 65.6 Å². The number of aromatic hydroxyl groups is 1. The van der Waals surface area contributed by atoms with E-state index >= 15 is 0 Å². The second kappa shape index (κ2) is 10.6. The first kappa shape index (κ1) is 26.0. The number of carbonyl (C=O) groups excluding carboxylic acids is 1. The zero-order chi connectivity index (χ0) is 27.0. The Kier molecular flexibility index (Phi) is 7.27. The van der Waals surface area contributed by atoms with E-state index in [0.29, 0.717) is 13.0 Å². The Morgan fingerprint density at radius 1 is 1.00 bits per heavy atom. The number of ether oxygens (including phenoxy) is 1. The van der Waals surface area contributed by atoms with Crippen LogP contribution in [0, 0.1) is 0 Å². The molecule has 1 N–H and O–H groups in total. The van der Waals surface area contributed by atoms with Crippen LogP contribution >= 0.6 is 0 Å². The van der Waals surface area contributed by atoms with E-state index in [1.165, 1.54) is 17.2 Å². The van der Waals surface area contributed by atoms with Gasteiger partial charge in [0.15, 0.2) is 11.4 Å². The number of rotatable bonds is 7. The Bertz CT molecular complexity index is 1340. The average molecular weight is 517 g/mol. The molecule has 0 saturated heterocycles. The van der Waals surface area contributed by atoms with E-state index in [1.54, 1.807) is 22.9 Å². The highest BCUT2D eigenvalue weighted by Gasteiger charge is 2.45. The van der Waals surface area contributed by atoms with Crippen LogP contribution in [0.5, 0.6) is 5.75 Å². The van der Waals surface area contributed by atoms with Crippen LogP contribution in [0.3, 0.4) is 0 Å². The van der Waals surface area contributed by atoms with Gasteiger partial charge in [-0.1, -0.05) is 48.5 Å². The maximum Gasteiger partial charge on any atom is 0.278 e. The summed E-state index contributed by atoms with van der Waals surface area (Å²) in [5, 5.41) is 13.2. The van der Waals surface area contributed by atoms with Crippen molar-refractivity contribution in [2.24, 2.45) is 0 Å². The Morgan fingerprint density at radius 2 is 1.61 bits per heavy atom. The number of methoxy groups -OCH3 is 1. The summed E-state index contributed by atoms with van der Waals surface area (Å²) in [6, 6.07) is 17.7. The summed E-state index contributed by atoms with van der Waals surface area (Å²) in [7, 11) is 5.65. The number of fused-ring (bicyclic) bond motifs is 3. The lowest BCUT2D eigenvalue weighted by Crippen LogP contribution is -2.65. The molecule has 0 fully saturated rings. The summed E-state index contributed by atoms with van der Waals surface area (Å²) in [5.74, 6) is -0.904. The van der Waals surface area contributed by atoms with Gasteiger partial charge in [-0.3, -0.25) is 19.3 Å². The monoisotopic (exact) mass is 516 g/mol. The minimum Gasteiger partial charge on any atom is -0.502 e. The lowest BCUT2D eigenvalue weighted by atomic mass is 9.92. The first-order valence-electron chi connectivity index (χ1n) is 13.2. The fraction of sp³-hybridized carbons (Fsp3) is 0.400. The largest absolute Gasteiger partial charge is 0.502 e. The molecule has 0 saturated carbocycles. The molecule has 8 heteroatoms. The van der Waals surface area contributed by atoms with Crippen LogP contribution < -0.4 is 10.4 Å². The van der Waals surface area contributed by atoms with Crippen molar-refractivity contribution in [3.63, 3.8) is 0 Å². The van der Waals surface area contributed by atoms with Crippen LogP contribution in [-0.4, -0.2) is 72.1 Å². The van der Waals surface area contributed by atoms with Crippen LogP contribution in [-0.2, 0) is 17.6 Å². The molecule has 38 heavy (non-hydrogen) atoms. The minimum absolute atomic E-state index is 0.0132. The zero-order valence-electron chi connectivity index (χ0n) is 22.5. The van der Waals surface area contributed by atoms with E-state index in [1.807, 2.05) is 21.0 Å². The molecule has 1 aromatic heterocycles. The Balaban J connectivity index is 1.82. The van der Waals surface area contributed by atoms with Gasteiger partial charge >= 0.3 is 0 Å². The van der Waals surface area contributed by atoms with Gasteiger partial charge in [0.25, 0.3) is 5.91 Å². The maximum absolute atomic E-state index is 14.1. The average Bonchev–Trinajstić information content (AvgIpc) is 3.06. The highest BCUT2D eigenvalue weighted by Crippen LogP contribution is 2.40. The molecule has 0 spiro atoms. The maximum atomic E-state index is 14.1. The fourth-order valence-corrected chi connectivity index (χ4v) is 5.97. The second-order valence-corrected chi connectivity index (χ2v) is 10.5. The molecule has 2 aliphatic rings. The summed E-state index contributed by atoms with van der Waals surface area (Å²) < 4.78 is 7.20. The van der Waals surface area contributed by atoms with Gasteiger partial charge in [0.2, 0.25) is 5.43 Å². The van der Waals surface area contributed by atoms with E-state index in [2.05, 4.69) is 58.4 Å². The molecule has 1 aliphatic carbocycles. The first-order valence-corrected chi connectivity index (χ1v) is 13.2. The van der Waals surface area contributed by atoms with E-state index in [-0.39, 0.29) is 29.9 Å². The smallest absolute Gasteiger partial charge is 0.278 e. The third kappa shape index (κ3) is 4.48. The van der Waals surface area contributed by atoms with Crippen LogP contribution in [0.1, 0.15) is 52.1 Å². The number of hydrogen-bond acceptors (Lipinski definition) is 6. The van der Waals surface area contributed by atoms with Crippen molar-refractivity contribution in [3.05, 3.63) is 99.0 Å². The van der Waals surface area contributed by atoms with Crippen molar-refractivity contribution in [2.45, 2.75) is 44.4 Å². The number of amides is 1. The SMILES string of the molecule is COCC(C)N1C(=O)c2c(O)c(=O)ccn2N(C2c3ccccc3CCc3ccccc32)C1CCN(C)C. The normalized spacial score (nSPS) is 18.1. The van der Waals surface area contributed by atoms with Crippen molar-refractivity contribution in [1.29, 1.82) is 0 Å². The third-order valence-corrected chi connectivity index (χ3v) is 7.71.